The Balaban J connectivity index is 1.71. The molecule has 1 unspecified atom stereocenters. The largest absolute Gasteiger partial charge is 0.391 e. The summed E-state index contributed by atoms with van der Waals surface area (Å²) in [4.78, 5) is 29.3. The molecule has 0 radical (unpaired) electrons. The van der Waals surface area contributed by atoms with Crippen molar-refractivity contribution in [2.24, 2.45) is 0 Å². The van der Waals surface area contributed by atoms with Gasteiger partial charge in [-0.25, -0.2) is 0 Å². The molecule has 5 nitrogen and oxygen atoms in total. The lowest BCUT2D eigenvalue weighted by Gasteiger charge is -2.34. The minimum atomic E-state index is -0.425. The zero-order valence-electron chi connectivity index (χ0n) is 11.9. The van der Waals surface area contributed by atoms with Gasteiger partial charge < -0.3 is 14.9 Å². The molecule has 3 rings (SSSR count). The molecular formula is C15H20N2O3S. The molecule has 21 heavy (non-hydrogen) atoms. The van der Waals surface area contributed by atoms with E-state index < -0.39 is 6.10 Å². The number of carbonyl (C=O) groups excluding carboxylic acids is 2. The molecule has 0 saturated carbocycles. The Kier molecular flexibility index (Phi) is 4.26. The van der Waals surface area contributed by atoms with Gasteiger partial charge in [0, 0.05) is 19.6 Å². The first-order valence-electron chi connectivity index (χ1n) is 7.48. The molecule has 2 amide bonds. The van der Waals surface area contributed by atoms with Crippen molar-refractivity contribution in [3.63, 3.8) is 0 Å². The lowest BCUT2D eigenvalue weighted by Crippen LogP contribution is -2.51. The van der Waals surface area contributed by atoms with Crippen molar-refractivity contribution in [1.82, 2.24) is 9.80 Å². The van der Waals surface area contributed by atoms with Crippen molar-refractivity contribution < 1.29 is 14.7 Å². The van der Waals surface area contributed by atoms with Crippen LogP contribution in [0.25, 0.3) is 0 Å². The van der Waals surface area contributed by atoms with Gasteiger partial charge >= 0.3 is 0 Å². The molecule has 0 aromatic carbocycles. The van der Waals surface area contributed by atoms with Crippen LogP contribution in [0.3, 0.4) is 0 Å². The first-order chi connectivity index (χ1) is 10.2. The van der Waals surface area contributed by atoms with Gasteiger partial charge in [-0.3, -0.25) is 9.59 Å². The fourth-order valence-electron chi connectivity index (χ4n) is 3.17. The second-order valence-corrected chi connectivity index (χ2v) is 6.66. The van der Waals surface area contributed by atoms with Crippen molar-refractivity contribution in [3.05, 3.63) is 22.4 Å². The molecule has 6 heteroatoms. The van der Waals surface area contributed by atoms with Crippen molar-refractivity contribution in [3.8, 4) is 0 Å². The van der Waals surface area contributed by atoms with Gasteiger partial charge in [-0.15, -0.1) is 11.3 Å². The van der Waals surface area contributed by atoms with E-state index in [-0.39, 0.29) is 17.9 Å². The molecule has 0 bridgehead atoms. The van der Waals surface area contributed by atoms with E-state index in [1.807, 2.05) is 11.4 Å². The third kappa shape index (κ3) is 2.96. The molecule has 2 atom stereocenters. The average molecular weight is 308 g/mol. The maximum Gasteiger partial charge on any atom is 0.264 e. The quantitative estimate of drug-likeness (QED) is 0.897. The van der Waals surface area contributed by atoms with Crippen LogP contribution < -0.4 is 0 Å². The number of β-amino-alcohol motifs (C(OH)–C–C–N with tert-alkyl or cyclic N) is 1. The van der Waals surface area contributed by atoms with Crippen LogP contribution in [0.1, 0.15) is 35.4 Å². The topological polar surface area (TPSA) is 60.9 Å². The number of nitrogens with zero attached hydrogens (tertiary/aromatic N) is 2. The Labute approximate surface area is 128 Å². The number of aliphatic hydroxyl groups is 1. The van der Waals surface area contributed by atoms with Crippen LogP contribution in [0.2, 0.25) is 0 Å². The van der Waals surface area contributed by atoms with Crippen LogP contribution in [0.15, 0.2) is 17.5 Å². The van der Waals surface area contributed by atoms with Crippen LogP contribution in [0.4, 0.5) is 0 Å². The van der Waals surface area contributed by atoms with E-state index in [9.17, 15) is 14.7 Å². The number of thiophene rings is 1. The molecule has 3 heterocycles. The smallest absolute Gasteiger partial charge is 0.264 e. The summed E-state index contributed by atoms with van der Waals surface area (Å²) in [5, 5.41) is 11.6. The van der Waals surface area contributed by atoms with Gasteiger partial charge in [0.2, 0.25) is 5.91 Å². The predicted octanol–water partition coefficient (Wildman–Crippen LogP) is 1.34. The number of rotatable bonds is 2. The fraction of sp³-hybridized carbons (Fsp3) is 0.600. The van der Waals surface area contributed by atoms with E-state index in [0.29, 0.717) is 24.5 Å². The first kappa shape index (κ1) is 14.5. The van der Waals surface area contributed by atoms with Gasteiger partial charge in [-0.2, -0.15) is 0 Å². The zero-order chi connectivity index (χ0) is 14.8. The summed E-state index contributed by atoms with van der Waals surface area (Å²) in [6.07, 6.45) is 2.75. The van der Waals surface area contributed by atoms with E-state index in [2.05, 4.69) is 0 Å². The third-order valence-corrected chi connectivity index (χ3v) is 5.10. The minimum absolute atomic E-state index is 0.00356. The van der Waals surface area contributed by atoms with Gasteiger partial charge in [0.15, 0.2) is 0 Å². The minimum Gasteiger partial charge on any atom is -0.391 e. The summed E-state index contributed by atoms with van der Waals surface area (Å²) in [6, 6.07) is 3.30. The highest BCUT2D eigenvalue weighted by Gasteiger charge is 2.38. The van der Waals surface area contributed by atoms with Gasteiger partial charge in [0.1, 0.15) is 6.04 Å². The molecule has 2 aliphatic heterocycles. The van der Waals surface area contributed by atoms with Crippen LogP contribution in [0.5, 0.6) is 0 Å². The van der Waals surface area contributed by atoms with Crippen LogP contribution in [0, 0.1) is 0 Å². The van der Waals surface area contributed by atoms with Crippen molar-refractivity contribution in [2.75, 3.05) is 19.6 Å². The Hall–Kier alpha value is -1.40. The lowest BCUT2D eigenvalue weighted by atomic mass is 10.1. The Morgan fingerprint density at radius 2 is 2.05 bits per heavy atom. The highest BCUT2D eigenvalue weighted by molar-refractivity contribution is 7.12. The first-order valence-corrected chi connectivity index (χ1v) is 8.36. The van der Waals surface area contributed by atoms with Gasteiger partial charge in [-0.05, 0) is 37.1 Å². The van der Waals surface area contributed by atoms with Gasteiger partial charge in [-0.1, -0.05) is 6.07 Å². The normalized spacial score (nSPS) is 26.1. The number of hydrogen-bond donors (Lipinski definition) is 1. The summed E-state index contributed by atoms with van der Waals surface area (Å²) in [6.45, 7) is 1.73. The number of amides is 2. The maximum absolute atomic E-state index is 12.7. The maximum atomic E-state index is 12.7. The Bertz CT molecular complexity index is 517. The standard InChI is InChI=1S/C15H20N2O3S/c18-11-4-1-7-16(10-11)14(19)12-5-2-8-17(12)15(20)13-6-3-9-21-13/h3,6,9,11-12,18H,1-2,4-5,7-8,10H2/t11?,12-/m0/s1. The number of carbonyl (C=O) groups is 2. The van der Waals surface area contributed by atoms with Crippen LogP contribution in [-0.2, 0) is 4.79 Å². The van der Waals surface area contributed by atoms with Crippen LogP contribution >= 0.6 is 11.3 Å². The van der Waals surface area contributed by atoms with E-state index in [4.69, 9.17) is 0 Å². The number of aliphatic hydroxyl groups excluding tert-OH is 1. The average Bonchev–Trinajstić information content (AvgIpc) is 3.17. The highest BCUT2D eigenvalue weighted by Crippen LogP contribution is 2.24. The summed E-state index contributed by atoms with van der Waals surface area (Å²) < 4.78 is 0. The molecular weight excluding hydrogens is 288 g/mol. The monoisotopic (exact) mass is 308 g/mol. The molecule has 1 aromatic heterocycles. The van der Waals surface area contributed by atoms with E-state index >= 15 is 0 Å². The molecule has 2 saturated heterocycles. The second kappa shape index (κ2) is 6.15. The van der Waals surface area contributed by atoms with Crippen LogP contribution in [-0.4, -0.2) is 58.5 Å². The molecule has 2 fully saturated rings. The predicted molar refractivity (Wildman–Crippen MR) is 80.2 cm³/mol. The van der Waals surface area contributed by atoms with Crippen molar-refractivity contribution >= 4 is 23.2 Å². The molecule has 0 aliphatic carbocycles. The fourth-order valence-corrected chi connectivity index (χ4v) is 3.85. The molecule has 1 N–H and O–H groups in total. The second-order valence-electron chi connectivity index (χ2n) is 5.71. The number of piperidine rings is 1. The van der Waals surface area contributed by atoms with E-state index in [1.54, 1.807) is 15.9 Å². The summed E-state index contributed by atoms with van der Waals surface area (Å²) in [5.41, 5.74) is 0. The highest BCUT2D eigenvalue weighted by atomic mass is 32.1. The van der Waals surface area contributed by atoms with E-state index in [0.717, 1.165) is 25.7 Å². The summed E-state index contributed by atoms with van der Waals surface area (Å²) in [7, 11) is 0. The Morgan fingerprint density at radius 3 is 2.76 bits per heavy atom. The molecule has 2 aliphatic rings. The van der Waals surface area contributed by atoms with Gasteiger partial charge in [0.05, 0.1) is 11.0 Å². The molecule has 1 aromatic rings. The van der Waals surface area contributed by atoms with Gasteiger partial charge in [0.25, 0.3) is 5.91 Å². The third-order valence-electron chi connectivity index (χ3n) is 4.24. The SMILES string of the molecule is O=C([C@@H]1CCCN1C(=O)c1cccs1)N1CCCC(O)C1. The summed E-state index contributed by atoms with van der Waals surface area (Å²) in [5.74, 6) is -0.0467. The molecule has 0 spiro atoms. The van der Waals surface area contributed by atoms with E-state index in [1.165, 1.54) is 11.3 Å². The van der Waals surface area contributed by atoms with Crippen molar-refractivity contribution in [2.45, 2.75) is 37.8 Å². The zero-order valence-corrected chi connectivity index (χ0v) is 12.7. The number of hydrogen-bond acceptors (Lipinski definition) is 4. The van der Waals surface area contributed by atoms with Crippen molar-refractivity contribution in [1.29, 1.82) is 0 Å². The number of likely N-dealkylation sites (tertiary alicyclic amines) is 2. The Morgan fingerprint density at radius 1 is 1.24 bits per heavy atom. The molecule has 114 valence electrons. The lowest BCUT2D eigenvalue weighted by molar-refractivity contribution is -0.138. The summed E-state index contributed by atoms with van der Waals surface area (Å²) >= 11 is 1.41.